The zero-order valence-corrected chi connectivity index (χ0v) is 13.1. The summed E-state index contributed by atoms with van der Waals surface area (Å²) in [5.41, 5.74) is 2.63. The zero-order valence-electron chi connectivity index (χ0n) is 12.3. The number of ether oxygens (including phenoxy) is 1. The van der Waals surface area contributed by atoms with Crippen LogP contribution in [0.4, 0.5) is 0 Å². The van der Waals surface area contributed by atoms with Gasteiger partial charge in [-0.05, 0) is 43.0 Å². The molecule has 0 amide bonds. The lowest BCUT2D eigenvalue weighted by atomic mass is 10.0. The van der Waals surface area contributed by atoms with Crippen LogP contribution in [0.15, 0.2) is 24.5 Å². The second kappa shape index (κ2) is 5.14. The molecule has 1 aromatic carbocycles. The average molecular weight is 317 g/mol. The van der Waals surface area contributed by atoms with Gasteiger partial charge in [-0.15, -0.1) is 0 Å². The fraction of sp³-hybridized carbons (Fsp3) is 0.333. The molecule has 1 aliphatic rings. The molecule has 2 aromatic rings. The summed E-state index contributed by atoms with van der Waals surface area (Å²) in [6.07, 6.45) is 4.38. The molecule has 22 heavy (non-hydrogen) atoms. The highest BCUT2D eigenvalue weighted by molar-refractivity contribution is 7.90. The summed E-state index contributed by atoms with van der Waals surface area (Å²) in [5.74, 6) is 0.532. The number of nitriles is 1. The average Bonchev–Trinajstić information content (AvgIpc) is 3.24. The van der Waals surface area contributed by atoms with Crippen LogP contribution in [0.5, 0.6) is 5.75 Å². The number of methoxy groups -OCH3 is 1. The fourth-order valence-corrected chi connectivity index (χ4v) is 3.88. The number of aryl methyl sites for hydroxylation is 1. The van der Waals surface area contributed by atoms with E-state index >= 15 is 0 Å². The molecule has 0 aliphatic heterocycles. The third kappa shape index (κ3) is 2.35. The first-order valence-corrected chi connectivity index (χ1v) is 8.36. The van der Waals surface area contributed by atoms with E-state index in [4.69, 9.17) is 4.74 Å². The highest BCUT2D eigenvalue weighted by Gasteiger charge is 2.37. The predicted octanol–water partition coefficient (Wildman–Crippen LogP) is 2.08. The Morgan fingerprint density at radius 2 is 2.09 bits per heavy atom. The fourth-order valence-electron chi connectivity index (χ4n) is 2.41. The number of hydrogen-bond acceptors (Lipinski definition) is 5. The number of nitrogens with zero attached hydrogens (tertiary/aromatic N) is 3. The van der Waals surface area contributed by atoms with Crippen molar-refractivity contribution in [3.05, 3.63) is 35.7 Å². The van der Waals surface area contributed by atoms with Gasteiger partial charge in [-0.3, -0.25) is 0 Å². The van der Waals surface area contributed by atoms with Gasteiger partial charge in [0.1, 0.15) is 11.8 Å². The van der Waals surface area contributed by atoms with Crippen LogP contribution in [0.25, 0.3) is 11.1 Å². The van der Waals surface area contributed by atoms with Crippen molar-refractivity contribution in [2.24, 2.45) is 0 Å². The first kappa shape index (κ1) is 14.6. The first-order valence-electron chi connectivity index (χ1n) is 6.85. The molecule has 0 saturated heterocycles. The summed E-state index contributed by atoms with van der Waals surface area (Å²) in [6, 6.07) is 5.62. The van der Waals surface area contributed by atoms with Crippen LogP contribution in [0.2, 0.25) is 0 Å². The molecule has 0 atom stereocenters. The molecule has 3 rings (SSSR count). The van der Waals surface area contributed by atoms with Gasteiger partial charge in [0.25, 0.3) is 10.0 Å². The largest absolute Gasteiger partial charge is 0.495 e. The lowest BCUT2D eigenvalue weighted by Gasteiger charge is -2.08. The second-order valence-electron chi connectivity index (χ2n) is 5.33. The van der Waals surface area contributed by atoms with Crippen molar-refractivity contribution in [3.8, 4) is 22.9 Å². The van der Waals surface area contributed by atoms with E-state index in [0.717, 1.165) is 15.2 Å². The molecule has 7 heteroatoms. The van der Waals surface area contributed by atoms with Crippen LogP contribution in [0.3, 0.4) is 0 Å². The molecule has 0 spiro atoms. The van der Waals surface area contributed by atoms with Gasteiger partial charge in [0.05, 0.1) is 30.3 Å². The van der Waals surface area contributed by atoms with Crippen molar-refractivity contribution in [1.82, 2.24) is 9.19 Å². The highest BCUT2D eigenvalue weighted by atomic mass is 32.2. The van der Waals surface area contributed by atoms with Gasteiger partial charge < -0.3 is 4.74 Å². The summed E-state index contributed by atoms with van der Waals surface area (Å²) in [7, 11) is -1.86. The van der Waals surface area contributed by atoms with Gasteiger partial charge in [-0.2, -0.15) is 14.4 Å². The van der Waals surface area contributed by atoms with E-state index in [9.17, 15) is 13.7 Å². The van der Waals surface area contributed by atoms with E-state index in [-0.39, 0.29) is 5.25 Å². The quantitative estimate of drug-likeness (QED) is 0.862. The molecule has 0 N–H and O–H groups in total. The van der Waals surface area contributed by atoms with Crippen LogP contribution in [-0.4, -0.2) is 30.0 Å². The number of benzene rings is 1. The Labute approximate surface area is 129 Å². The molecule has 6 nitrogen and oxygen atoms in total. The van der Waals surface area contributed by atoms with Crippen molar-refractivity contribution < 1.29 is 13.2 Å². The Morgan fingerprint density at radius 3 is 2.68 bits per heavy atom. The van der Waals surface area contributed by atoms with Gasteiger partial charge in [0.15, 0.2) is 0 Å². The molecular weight excluding hydrogens is 302 g/mol. The minimum atomic E-state index is -3.38. The van der Waals surface area contributed by atoms with E-state index in [1.807, 2.05) is 13.0 Å². The molecule has 1 fully saturated rings. The molecule has 1 heterocycles. The van der Waals surface area contributed by atoms with E-state index in [0.29, 0.717) is 29.7 Å². The lowest BCUT2D eigenvalue weighted by Crippen LogP contribution is -2.17. The molecule has 1 aromatic heterocycles. The number of aromatic nitrogens is 2. The predicted molar refractivity (Wildman–Crippen MR) is 81.0 cm³/mol. The minimum absolute atomic E-state index is 0.312. The Morgan fingerprint density at radius 1 is 1.36 bits per heavy atom. The monoisotopic (exact) mass is 317 g/mol. The van der Waals surface area contributed by atoms with Crippen molar-refractivity contribution in [1.29, 1.82) is 5.26 Å². The standard InChI is InChI=1S/C15H15N3O3S/c1-10-5-11(6-12(7-16)15(10)21-2)13-8-17-18(9-13)22(19,20)14-3-4-14/h5-6,8-9,14H,3-4H2,1-2H3. The van der Waals surface area contributed by atoms with E-state index in [1.54, 1.807) is 6.07 Å². The summed E-state index contributed by atoms with van der Waals surface area (Å²) in [4.78, 5) is 0. The van der Waals surface area contributed by atoms with Crippen LogP contribution in [0, 0.1) is 18.3 Å². The van der Waals surface area contributed by atoms with Gasteiger partial charge >= 0.3 is 0 Å². The molecule has 1 aliphatic carbocycles. The van der Waals surface area contributed by atoms with E-state index < -0.39 is 10.0 Å². The minimum Gasteiger partial charge on any atom is -0.495 e. The van der Waals surface area contributed by atoms with Crippen molar-refractivity contribution in [3.63, 3.8) is 0 Å². The van der Waals surface area contributed by atoms with Gasteiger partial charge in [0, 0.05) is 5.56 Å². The summed E-state index contributed by atoms with van der Waals surface area (Å²) >= 11 is 0. The Hall–Kier alpha value is -2.33. The van der Waals surface area contributed by atoms with Crippen LogP contribution >= 0.6 is 0 Å². The Bertz CT molecular complexity index is 874. The maximum atomic E-state index is 12.2. The van der Waals surface area contributed by atoms with Gasteiger partial charge in [-0.25, -0.2) is 8.42 Å². The molecular formula is C15H15N3O3S. The zero-order chi connectivity index (χ0) is 15.9. The maximum absolute atomic E-state index is 12.2. The highest BCUT2D eigenvalue weighted by Crippen LogP contribution is 2.32. The molecule has 1 saturated carbocycles. The molecule has 0 radical (unpaired) electrons. The maximum Gasteiger partial charge on any atom is 0.256 e. The van der Waals surface area contributed by atoms with Crippen molar-refractivity contribution >= 4 is 10.0 Å². The van der Waals surface area contributed by atoms with Crippen molar-refractivity contribution in [2.75, 3.05) is 7.11 Å². The van der Waals surface area contributed by atoms with Crippen LogP contribution < -0.4 is 4.74 Å². The van der Waals surface area contributed by atoms with Crippen LogP contribution in [-0.2, 0) is 10.0 Å². The summed E-state index contributed by atoms with van der Waals surface area (Å²) < 4.78 is 30.6. The Balaban J connectivity index is 2.04. The van der Waals surface area contributed by atoms with Gasteiger partial charge in [0.2, 0.25) is 0 Å². The van der Waals surface area contributed by atoms with E-state index in [1.165, 1.54) is 19.5 Å². The smallest absolute Gasteiger partial charge is 0.256 e. The summed E-state index contributed by atoms with van der Waals surface area (Å²) in [5, 5.41) is 12.9. The molecule has 0 bridgehead atoms. The van der Waals surface area contributed by atoms with E-state index in [2.05, 4.69) is 11.2 Å². The third-order valence-corrected chi connectivity index (χ3v) is 5.73. The van der Waals surface area contributed by atoms with Gasteiger partial charge in [-0.1, -0.05) is 0 Å². The SMILES string of the molecule is COc1c(C)cc(-c2cnn(S(=O)(=O)C3CC3)c2)cc1C#N. The van der Waals surface area contributed by atoms with Crippen molar-refractivity contribution in [2.45, 2.75) is 25.0 Å². The summed E-state index contributed by atoms with van der Waals surface area (Å²) in [6.45, 7) is 1.84. The molecule has 0 unspecified atom stereocenters. The molecule has 114 valence electrons. The number of rotatable bonds is 4. The topological polar surface area (TPSA) is 85.0 Å². The first-order chi connectivity index (χ1) is 10.5. The van der Waals surface area contributed by atoms with Crippen LogP contribution in [0.1, 0.15) is 24.0 Å². The Kier molecular flexibility index (Phi) is 3.41. The second-order valence-corrected chi connectivity index (χ2v) is 7.40. The number of hydrogen-bond donors (Lipinski definition) is 0. The lowest BCUT2D eigenvalue weighted by molar-refractivity contribution is 0.410. The third-order valence-electron chi connectivity index (χ3n) is 3.70. The normalized spacial score (nSPS) is 14.6.